The SMILES string of the molecule is COc1cccc(CC(=O)Nc2cc(C3CCC3)[nH]n2)c1OC. The van der Waals surface area contributed by atoms with Crippen LogP contribution in [0.4, 0.5) is 5.82 Å². The molecular weight excluding hydrogens is 294 g/mol. The smallest absolute Gasteiger partial charge is 0.230 e. The molecule has 3 rings (SSSR count). The van der Waals surface area contributed by atoms with Crippen LogP contribution in [0.3, 0.4) is 0 Å². The second-order valence-corrected chi connectivity index (χ2v) is 5.71. The van der Waals surface area contributed by atoms with Gasteiger partial charge in [0.1, 0.15) is 0 Å². The maximum Gasteiger partial charge on any atom is 0.230 e. The molecule has 2 aromatic rings. The summed E-state index contributed by atoms with van der Waals surface area (Å²) in [5.41, 5.74) is 1.88. The molecule has 0 saturated heterocycles. The van der Waals surface area contributed by atoms with Crippen LogP contribution in [0.1, 0.15) is 36.4 Å². The Labute approximate surface area is 135 Å². The van der Waals surface area contributed by atoms with E-state index in [9.17, 15) is 4.79 Å². The fraction of sp³-hybridized carbons (Fsp3) is 0.412. The van der Waals surface area contributed by atoms with Gasteiger partial charge < -0.3 is 14.8 Å². The van der Waals surface area contributed by atoms with Crippen molar-refractivity contribution >= 4 is 11.7 Å². The lowest BCUT2D eigenvalue weighted by atomic mass is 9.83. The van der Waals surface area contributed by atoms with E-state index in [-0.39, 0.29) is 12.3 Å². The minimum atomic E-state index is -0.136. The van der Waals surface area contributed by atoms with Gasteiger partial charge in [0, 0.05) is 23.2 Å². The van der Waals surface area contributed by atoms with Crippen molar-refractivity contribution in [3.05, 3.63) is 35.5 Å². The highest BCUT2D eigenvalue weighted by Gasteiger charge is 2.22. The van der Waals surface area contributed by atoms with Crippen LogP contribution in [-0.4, -0.2) is 30.3 Å². The van der Waals surface area contributed by atoms with Crippen molar-refractivity contribution in [3.63, 3.8) is 0 Å². The van der Waals surface area contributed by atoms with Crippen molar-refractivity contribution in [3.8, 4) is 11.5 Å². The quantitative estimate of drug-likeness (QED) is 0.859. The van der Waals surface area contributed by atoms with Gasteiger partial charge in [-0.2, -0.15) is 5.10 Å². The number of H-pyrrole nitrogens is 1. The Kier molecular flexibility index (Phi) is 4.50. The Bertz CT molecular complexity index is 692. The third kappa shape index (κ3) is 3.31. The molecule has 0 radical (unpaired) electrons. The number of para-hydroxylation sites is 1. The molecule has 1 amide bonds. The number of amides is 1. The summed E-state index contributed by atoms with van der Waals surface area (Å²) in [4.78, 5) is 12.3. The van der Waals surface area contributed by atoms with Gasteiger partial charge in [-0.05, 0) is 18.9 Å². The Balaban J connectivity index is 1.66. The molecule has 1 aliphatic rings. The highest BCUT2D eigenvalue weighted by Crippen LogP contribution is 2.36. The zero-order valence-corrected chi connectivity index (χ0v) is 13.4. The molecule has 1 aromatic heterocycles. The molecule has 1 saturated carbocycles. The summed E-state index contributed by atoms with van der Waals surface area (Å²) < 4.78 is 10.6. The average molecular weight is 315 g/mol. The zero-order valence-electron chi connectivity index (χ0n) is 13.4. The Hall–Kier alpha value is -2.50. The minimum Gasteiger partial charge on any atom is -0.493 e. The summed E-state index contributed by atoms with van der Waals surface area (Å²) in [6.07, 6.45) is 3.85. The number of nitrogens with one attached hydrogen (secondary N) is 2. The summed E-state index contributed by atoms with van der Waals surface area (Å²) in [6.45, 7) is 0. The van der Waals surface area contributed by atoms with Crippen LogP contribution in [0.2, 0.25) is 0 Å². The first-order chi connectivity index (χ1) is 11.2. The van der Waals surface area contributed by atoms with Gasteiger partial charge in [-0.3, -0.25) is 9.89 Å². The number of carbonyl (C=O) groups excluding carboxylic acids is 1. The van der Waals surface area contributed by atoms with E-state index >= 15 is 0 Å². The monoisotopic (exact) mass is 315 g/mol. The van der Waals surface area contributed by atoms with Crippen LogP contribution in [0.25, 0.3) is 0 Å². The van der Waals surface area contributed by atoms with Crippen LogP contribution < -0.4 is 14.8 Å². The number of ether oxygens (including phenoxy) is 2. The van der Waals surface area contributed by atoms with Crippen molar-refractivity contribution < 1.29 is 14.3 Å². The van der Waals surface area contributed by atoms with Crippen LogP contribution in [0.5, 0.6) is 11.5 Å². The summed E-state index contributed by atoms with van der Waals surface area (Å²) in [5.74, 6) is 2.20. The highest BCUT2D eigenvalue weighted by atomic mass is 16.5. The lowest BCUT2D eigenvalue weighted by molar-refractivity contribution is -0.115. The number of hydrogen-bond donors (Lipinski definition) is 2. The number of nitrogens with zero attached hydrogens (tertiary/aromatic N) is 1. The zero-order chi connectivity index (χ0) is 16.2. The number of hydrogen-bond acceptors (Lipinski definition) is 4. The molecule has 0 bridgehead atoms. The van der Waals surface area contributed by atoms with Gasteiger partial charge >= 0.3 is 0 Å². The van der Waals surface area contributed by atoms with E-state index in [4.69, 9.17) is 9.47 Å². The summed E-state index contributed by atoms with van der Waals surface area (Å²) in [7, 11) is 3.14. The van der Waals surface area contributed by atoms with E-state index < -0.39 is 0 Å². The molecule has 1 heterocycles. The number of aromatic nitrogens is 2. The van der Waals surface area contributed by atoms with E-state index in [1.807, 2.05) is 18.2 Å². The average Bonchev–Trinajstić information content (AvgIpc) is 2.92. The molecule has 122 valence electrons. The lowest BCUT2D eigenvalue weighted by Gasteiger charge is -2.23. The van der Waals surface area contributed by atoms with E-state index in [2.05, 4.69) is 15.5 Å². The Morgan fingerprint density at radius 3 is 2.83 bits per heavy atom. The predicted molar refractivity (Wildman–Crippen MR) is 87.1 cm³/mol. The van der Waals surface area contributed by atoms with Crippen molar-refractivity contribution in [2.24, 2.45) is 0 Å². The number of carbonyl (C=O) groups is 1. The standard InChI is InChI=1S/C17H21N3O3/c1-22-14-8-4-7-12(17(14)23-2)9-16(21)18-15-10-13(19-20-15)11-5-3-6-11/h4,7-8,10-11H,3,5-6,9H2,1-2H3,(H2,18,19,20,21). The molecule has 0 unspecified atom stereocenters. The fourth-order valence-corrected chi connectivity index (χ4v) is 2.78. The number of aromatic amines is 1. The van der Waals surface area contributed by atoms with Gasteiger partial charge in [-0.15, -0.1) is 0 Å². The molecule has 23 heavy (non-hydrogen) atoms. The Morgan fingerprint density at radius 2 is 2.17 bits per heavy atom. The van der Waals surface area contributed by atoms with Gasteiger partial charge in [-0.1, -0.05) is 18.6 Å². The summed E-state index contributed by atoms with van der Waals surface area (Å²) in [5, 5.41) is 10.00. The second-order valence-electron chi connectivity index (χ2n) is 5.71. The van der Waals surface area contributed by atoms with Crippen molar-refractivity contribution in [1.82, 2.24) is 10.2 Å². The summed E-state index contributed by atoms with van der Waals surface area (Å²) >= 11 is 0. The largest absolute Gasteiger partial charge is 0.493 e. The minimum absolute atomic E-state index is 0.136. The maximum atomic E-state index is 12.3. The van der Waals surface area contributed by atoms with E-state index in [1.165, 1.54) is 19.3 Å². The molecule has 1 aliphatic carbocycles. The molecule has 2 N–H and O–H groups in total. The number of rotatable bonds is 6. The lowest BCUT2D eigenvalue weighted by Crippen LogP contribution is -2.15. The van der Waals surface area contributed by atoms with E-state index in [1.54, 1.807) is 20.3 Å². The first kappa shape index (κ1) is 15.4. The number of anilines is 1. The number of benzene rings is 1. The van der Waals surface area contributed by atoms with Crippen LogP contribution >= 0.6 is 0 Å². The molecule has 0 spiro atoms. The predicted octanol–water partition coefficient (Wildman–Crippen LogP) is 2.88. The van der Waals surface area contributed by atoms with Crippen LogP contribution in [0, 0.1) is 0 Å². The first-order valence-corrected chi connectivity index (χ1v) is 7.76. The fourth-order valence-electron chi connectivity index (χ4n) is 2.78. The van der Waals surface area contributed by atoms with E-state index in [0.29, 0.717) is 23.2 Å². The van der Waals surface area contributed by atoms with Gasteiger partial charge in [-0.25, -0.2) is 0 Å². The van der Waals surface area contributed by atoms with Crippen LogP contribution in [-0.2, 0) is 11.2 Å². The third-order valence-electron chi connectivity index (χ3n) is 4.25. The normalized spacial score (nSPS) is 14.2. The molecule has 0 atom stereocenters. The summed E-state index contributed by atoms with van der Waals surface area (Å²) in [6, 6.07) is 7.42. The van der Waals surface area contributed by atoms with Gasteiger partial charge in [0.15, 0.2) is 17.3 Å². The maximum absolute atomic E-state index is 12.3. The topological polar surface area (TPSA) is 76.2 Å². The molecular formula is C17H21N3O3. The molecule has 0 aliphatic heterocycles. The Morgan fingerprint density at radius 1 is 1.35 bits per heavy atom. The highest BCUT2D eigenvalue weighted by molar-refractivity contribution is 5.92. The molecule has 1 fully saturated rings. The second kappa shape index (κ2) is 6.73. The molecule has 6 nitrogen and oxygen atoms in total. The van der Waals surface area contributed by atoms with Crippen molar-refractivity contribution in [2.75, 3.05) is 19.5 Å². The van der Waals surface area contributed by atoms with Crippen LogP contribution in [0.15, 0.2) is 24.3 Å². The van der Waals surface area contributed by atoms with Gasteiger partial charge in [0.2, 0.25) is 5.91 Å². The first-order valence-electron chi connectivity index (χ1n) is 7.76. The molecule has 6 heteroatoms. The van der Waals surface area contributed by atoms with Crippen molar-refractivity contribution in [1.29, 1.82) is 0 Å². The van der Waals surface area contributed by atoms with Gasteiger partial charge in [0.05, 0.1) is 20.6 Å². The van der Waals surface area contributed by atoms with Crippen molar-refractivity contribution in [2.45, 2.75) is 31.6 Å². The van der Waals surface area contributed by atoms with E-state index in [0.717, 1.165) is 11.3 Å². The third-order valence-corrected chi connectivity index (χ3v) is 4.25. The number of methoxy groups -OCH3 is 2. The molecule has 1 aromatic carbocycles. The van der Waals surface area contributed by atoms with Gasteiger partial charge in [0.25, 0.3) is 0 Å².